The Hall–Kier alpha value is -0.810. The first-order chi connectivity index (χ1) is 6.36. The number of rotatable bonds is 2. The van der Waals surface area contributed by atoms with Crippen molar-refractivity contribution in [3.63, 3.8) is 0 Å². The number of hydrogen-bond donors (Lipinski definition) is 0. The molecule has 0 atom stereocenters. The van der Waals surface area contributed by atoms with E-state index in [9.17, 15) is 4.79 Å². The van der Waals surface area contributed by atoms with E-state index in [1.165, 1.54) is 11.5 Å². The number of amides is 1. The molecule has 0 N–H and O–H groups in total. The van der Waals surface area contributed by atoms with Crippen LogP contribution in [0.25, 0.3) is 0 Å². The first-order valence-corrected chi connectivity index (χ1v) is 4.73. The predicted octanol–water partition coefficient (Wildman–Crippen LogP) is 0.771. The Morgan fingerprint density at radius 2 is 1.92 bits per heavy atom. The Labute approximate surface area is 77.1 Å². The second kappa shape index (κ2) is 3.93. The van der Waals surface area contributed by atoms with Crippen LogP contribution in [0.4, 0.5) is 4.79 Å². The van der Waals surface area contributed by atoms with E-state index in [0.717, 1.165) is 25.9 Å². The van der Waals surface area contributed by atoms with Crippen molar-refractivity contribution in [2.24, 2.45) is 0 Å². The Morgan fingerprint density at radius 3 is 2.54 bits per heavy atom. The molecule has 74 valence electrons. The second-order valence-electron chi connectivity index (χ2n) is 3.29. The largest absolute Gasteiger partial charge is 0.446 e. The van der Waals surface area contributed by atoms with E-state index in [1.807, 2.05) is 5.06 Å². The van der Waals surface area contributed by atoms with Gasteiger partial charge in [-0.2, -0.15) is 15.1 Å². The van der Waals surface area contributed by atoms with Gasteiger partial charge in [0.2, 0.25) is 0 Å². The van der Waals surface area contributed by atoms with Crippen LogP contribution >= 0.6 is 0 Å². The maximum atomic E-state index is 11.0. The first-order valence-electron chi connectivity index (χ1n) is 4.73. The molecule has 0 saturated carbocycles. The average molecular weight is 186 g/mol. The highest BCUT2D eigenvalue weighted by Gasteiger charge is 2.26. The van der Waals surface area contributed by atoms with Gasteiger partial charge in [0.25, 0.3) is 0 Å². The first kappa shape index (κ1) is 8.77. The summed E-state index contributed by atoms with van der Waals surface area (Å²) in [6.07, 6.45) is 3.17. The lowest BCUT2D eigenvalue weighted by molar-refractivity contribution is -0.298. The van der Waals surface area contributed by atoms with Crippen molar-refractivity contribution < 1.29 is 14.5 Å². The highest BCUT2D eigenvalue weighted by Crippen LogP contribution is 2.12. The normalized spacial score (nSPS) is 24.9. The summed E-state index contributed by atoms with van der Waals surface area (Å²) in [6, 6.07) is 0. The smallest absolute Gasteiger partial charge is 0.435 e. The van der Waals surface area contributed by atoms with Gasteiger partial charge in [0.1, 0.15) is 6.61 Å². The van der Waals surface area contributed by atoms with Crippen molar-refractivity contribution in [2.75, 3.05) is 26.2 Å². The lowest BCUT2D eigenvalue weighted by Gasteiger charge is -2.27. The summed E-state index contributed by atoms with van der Waals surface area (Å²) in [5.41, 5.74) is 0. The van der Waals surface area contributed by atoms with Gasteiger partial charge < -0.3 is 4.74 Å². The molecule has 0 spiro atoms. The molecule has 2 saturated heterocycles. The maximum absolute atomic E-state index is 11.0. The fourth-order valence-electron chi connectivity index (χ4n) is 1.54. The van der Waals surface area contributed by atoms with Crippen molar-refractivity contribution in [1.82, 2.24) is 10.1 Å². The van der Waals surface area contributed by atoms with E-state index >= 15 is 0 Å². The van der Waals surface area contributed by atoms with Crippen molar-refractivity contribution in [1.29, 1.82) is 0 Å². The van der Waals surface area contributed by atoms with Gasteiger partial charge in [0.05, 0.1) is 6.54 Å². The number of hydrogen-bond acceptors (Lipinski definition) is 4. The van der Waals surface area contributed by atoms with E-state index in [1.54, 1.807) is 0 Å². The maximum Gasteiger partial charge on any atom is 0.435 e. The molecule has 13 heavy (non-hydrogen) atoms. The molecular formula is C8H14N2O3. The zero-order chi connectivity index (χ0) is 9.10. The van der Waals surface area contributed by atoms with Crippen LogP contribution in [0.3, 0.4) is 0 Å². The van der Waals surface area contributed by atoms with E-state index in [2.05, 4.69) is 0 Å². The Kier molecular flexibility index (Phi) is 2.65. The summed E-state index contributed by atoms with van der Waals surface area (Å²) >= 11 is 0. The zero-order valence-electron chi connectivity index (χ0n) is 7.57. The molecule has 0 aliphatic carbocycles. The lowest BCUT2D eigenvalue weighted by Crippen LogP contribution is -2.38. The molecule has 0 radical (unpaired) electrons. The van der Waals surface area contributed by atoms with E-state index < -0.39 is 0 Å². The van der Waals surface area contributed by atoms with Gasteiger partial charge in [-0.1, -0.05) is 6.42 Å². The molecule has 2 aliphatic heterocycles. The van der Waals surface area contributed by atoms with Gasteiger partial charge in [0, 0.05) is 13.1 Å². The lowest BCUT2D eigenvalue weighted by atomic mass is 10.2. The van der Waals surface area contributed by atoms with Crippen LogP contribution in [0.15, 0.2) is 0 Å². The number of piperidine rings is 1. The third kappa shape index (κ3) is 2.10. The van der Waals surface area contributed by atoms with Crippen LogP contribution in [-0.2, 0) is 9.68 Å². The average Bonchev–Trinajstić information content (AvgIpc) is 2.54. The quantitative estimate of drug-likeness (QED) is 0.638. The van der Waals surface area contributed by atoms with Crippen molar-refractivity contribution in [3.8, 4) is 0 Å². The summed E-state index contributed by atoms with van der Waals surface area (Å²) in [6.45, 7) is 2.79. The number of carbonyl (C=O) groups is 1. The summed E-state index contributed by atoms with van der Waals surface area (Å²) in [4.78, 5) is 16.4. The van der Waals surface area contributed by atoms with Crippen LogP contribution in [-0.4, -0.2) is 42.5 Å². The van der Waals surface area contributed by atoms with Gasteiger partial charge >= 0.3 is 6.09 Å². The summed E-state index contributed by atoms with van der Waals surface area (Å²) < 4.78 is 4.74. The molecule has 1 amide bonds. The third-order valence-electron chi connectivity index (χ3n) is 2.25. The molecule has 2 heterocycles. The summed E-state index contributed by atoms with van der Waals surface area (Å²) in [5, 5.41) is 3.11. The SMILES string of the molecule is O=C1OCCN1ON1CCCCC1. The minimum atomic E-state index is -0.370. The molecule has 0 unspecified atom stereocenters. The molecule has 2 fully saturated rings. The number of carbonyl (C=O) groups excluding carboxylic acids is 1. The van der Waals surface area contributed by atoms with Crippen molar-refractivity contribution >= 4 is 6.09 Å². The number of cyclic esters (lactones) is 1. The van der Waals surface area contributed by atoms with Gasteiger partial charge in [-0.15, -0.1) is 0 Å². The third-order valence-corrected chi connectivity index (χ3v) is 2.25. The van der Waals surface area contributed by atoms with E-state index in [0.29, 0.717) is 13.2 Å². The van der Waals surface area contributed by atoms with Crippen LogP contribution in [0.2, 0.25) is 0 Å². The Morgan fingerprint density at radius 1 is 1.15 bits per heavy atom. The van der Waals surface area contributed by atoms with E-state index in [4.69, 9.17) is 9.68 Å². The molecule has 0 aromatic carbocycles. The number of hydroxylamine groups is 4. The molecule has 0 aromatic heterocycles. The minimum Gasteiger partial charge on any atom is -0.446 e. The number of nitrogens with zero attached hydrogens (tertiary/aromatic N) is 2. The minimum absolute atomic E-state index is 0.370. The van der Waals surface area contributed by atoms with Gasteiger partial charge in [-0.05, 0) is 12.8 Å². The van der Waals surface area contributed by atoms with Crippen molar-refractivity contribution in [2.45, 2.75) is 19.3 Å². The Balaban J connectivity index is 1.79. The molecule has 5 nitrogen and oxygen atoms in total. The van der Waals surface area contributed by atoms with Gasteiger partial charge in [-0.3, -0.25) is 0 Å². The molecule has 2 rings (SSSR count). The summed E-state index contributed by atoms with van der Waals surface area (Å²) in [5.74, 6) is 0. The van der Waals surface area contributed by atoms with Crippen LogP contribution in [0, 0.1) is 0 Å². The van der Waals surface area contributed by atoms with Crippen LogP contribution in [0.1, 0.15) is 19.3 Å². The van der Waals surface area contributed by atoms with Gasteiger partial charge in [0.15, 0.2) is 0 Å². The fourth-order valence-corrected chi connectivity index (χ4v) is 1.54. The van der Waals surface area contributed by atoms with E-state index in [-0.39, 0.29) is 6.09 Å². The summed E-state index contributed by atoms with van der Waals surface area (Å²) in [7, 11) is 0. The topological polar surface area (TPSA) is 42.0 Å². The second-order valence-corrected chi connectivity index (χ2v) is 3.29. The molecular weight excluding hydrogens is 172 g/mol. The number of ether oxygens (including phenoxy) is 1. The zero-order valence-corrected chi connectivity index (χ0v) is 7.57. The molecule has 2 aliphatic rings. The standard InChI is InChI=1S/C8H14N2O3/c11-8-10(6-7-12-8)13-9-4-2-1-3-5-9/h1-7H2. The Bertz CT molecular complexity index is 192. The molecule has 5 heteroatoms. The highest BCUT2D eigenvalue weighted by atomic mass is 16.9. The highest BCUT2D eigenvalue weighted by molar-refractivity contribution is 5.67. The van der Waals surface area contributed by atoms with Crippen LogP contribution < -0.4 is 0 Å². The monoisotopic (exact) mass is 186 g/mol. The fraction of sp³-hybridized carbons (Fsp3) is 0.875. The molecule has 0 aromatic rings. The predicted molar refractivity (Wildman–Crippen MR) is 44.6 cm³/mol. The van der Waals surface area contributed by atoms with Crippen LogP contribution in [0.5, 0.6) is 0 Å². The van der Waals surface area contributed by atoms with Crippen molar-refractivity contribution in [3.05, 3.63) is 0 Å². The van der Waals surface area contributed by atoms with Gasteiger partial charge in [-0.25, -0.2) is 4.79 Å². The molecule has 0 bridgehead atoms.